The Morgan fingerprint density at radius 3 is 2.58 bits per heavy atom. The van der Waals surface area contributed by atoms with E-state index in [1.165, 1.54) is 38.4 Å². The van der Waals surface area contributed by atoms with Crippen molar-refractivity contribution in [1.29, 1.82) is 0 Å². The van der Waals surface area contributed by atoms with Gasteiger partial charge in [0, 0.05) is 25.7 Å². The molecular weight excluding hydrogens is 374 g/mol. The normalized spacial score (nSPS) is 11.7. The van der Waals surface area contributed by atoms with E-state index in [4.69, 9.17) is 4.52 Å². The maximum absolute atomic E-state index is 12.2. The van der Waals surface area contributed by atoms with Crippen LogP contribution in [0.5, 0.6) is 0 Å². The van der Waals surface area contributed by atoms with Crippen LogP contribution in [0.15, 0.2) is 57.3 Å². The third-order valence-corrected chi connectivity index (χ3v) is 6.36. The average molecular weight is 391 g/mol. The molecule has 0 atom stereocenters. The SMILES string of the molecule is CN(C)S(=O)(=O)c1ccc(C(=O)NCc2cc(-c3cccs3)on2)cc1. The summed E-state index contributed by atoms with van der Waals surface area (Å²) in [6.45, 7) is 0.214. The van der Waals surface area contributed by atoms with Crippen molar-refractivity contribution in [2.75, 3.05) is 14.1 Å². The molecule has 0 aliphatic rings. The van der Waals surface area contributed by atoms with Crippen LogP contribution in [-0.2, 0) is 16.6 Å². The molecule has 0 unspecified atom stereocenters. The Kier molecular flexibility index (Phi) is 5.21. The van der Waals surface area contributed by atoms with Crippen molar-refractivity contribution in [3.8, 4) is 10.6 Å². The summed E-state index contributed by atoms with van der Waals surface area (Å²) in [7, 11) is -0.600. The number of thiophene rings is 1. The maximum atomic E-state index is 12.2. The molecule has 0 saturated carbocycles. The second kappa shape index (κ2) is 7.40. The number of hydrogen-bond acceptors (Lipinski definition) is 6. The highest BCUT2D eigenvalue weighted by molar-refractivity contribution is 7.89. The zero-order chi connectivity index (χ0) is 18.7. The molecule has 0 fully saturated rings. The predicted octanol–water partition coefficient (Wildman–Crippen LogP) is 2.58. The van der Waals surface area contributed by atoms with Gasteiger partial charge in [0.2, 0.25) is 10.0 Å². The molecule has 0 saturated heterocycles. The molecule has 3 aromatic rings. The quantitative estimate of drug-likeness (QED) is 0.697. The lowest BCUT2D eigenvalue weighted by atomic mass is 10.2. The molecule has 1 N–H and O–H groups in total. The van der Waals surface area contributed by atoms with E-state index < -0.39 is 10.0 Å². The second-order valence-electron chi connectivity index (χ2n) is 5.65. The lowest BCUT2D eigenvalue weighted by molar-refractivity contribution is 0.0950. The van der Waals surface area contributed by atoms with Crippen molar-refractivity contribution in [3.63, 3.8) is 0 Å². The van der Waals surface area contributed by atoms with Crippen LogP contribution in [0, 0.1) is 0 Å². The molecule has 3 rings (SSSR count). The molecule has 0 spiro atoms. The van der Waals surface area contributed by atoms with Crippen LogP contribution in [0.1, 0.15) is 16.1 Å². The summed E-state index contributed by atoms with van der Waals surface area (Å²) in [5.74, 6) is 0.335. The van der Waals surface area contributed by atoms with Crippen molar-refractivity contribution < 1.29 is 17.7 Å². The third kappa shape index (κ3) is 3.85. The lowest BCUT2D eigenvalue weighted by Gasteiger charge is -2.11. The van der Waals surface area contributed by atoms with Crippen LogP contribution in [0.4, 0.5) is 0 Å². The topological polar surface area (TPSA) is 92.5 Å². The van der Waals surface area contributed by atoms with Gasteiger partial charge in [0.25, 0.3) is 5.91 Å². The highest BCUT2D eigenvalue weighted by Crippen LogP contribution is 2.25. The highest BCUT2D eigenvalue weighted by Gasteiger charge is 2.17. The van der Waals surface area contributed by atoms with Crippen molar-refractivity contribution in [2.24, 2.45) is 0 Å². The van der Waals surface area contributed by atoms with Crippen molar-refractivity contribution >= 4 is 27.3 Å². The average Bonchev–Trinajstić information content (AvgIpc) is 3.31. The molecule has 0 radical (unpaired) electrons. The molecule has 7 nitrogen and oxygen atoms in total. The number of carbonyl (C=O) groups is 1. The van der Waals surface area contributed by atoms with Crippen molar-refractivity contribution in [3.05, 3.63) is 59.1 Å². The molecule has 9 heteroatoms. The first kappa shape index (κ1) is 18.3. The monoisotopic (exact) mass is 391 g/mol. The molecule has 2 aromatic heterocycles. The van der Waals surface area contributed by atoms with Crippen LogP contribution in [0.25, 0.3) is 10.6 Å². The van der Waals surface area contributed by atoms with Gasteiger partial charge in [-0.2, -0.15) is 0 Å². The van der Waals surface area contributed by atoms with Gasteiger partial charge in [0.05, 0.1) is 16.3 Å². The Morgan fingerprint density at radius 1 is 1.23 bits per heavy atom. The Labute approximate surface area is 155 Å². The molecule has 0 bridgehead atoms. The number of aromatic nitrogens is 1. The van der Waals surface area contributed by atoms with E-state index in [0.29, 0.717) is 17.0 Å². The smallest absolute Gasteiger partial charge is 0.251 e. The highest BCUT2D eigenvalue weighted by atomic mass is 32.2. The van der Waals surface area contributed by atoms with Crippen LogP contribution < -0.4 is 5.32 Å². The zero-order valence-electron chi connectivity index (χ0n) is 14.2. The van der Waals surface area contributed by atoms with E-state index in [-0.39, 0.29) is 17.3 Å². The van der Waals surface area contributed by atoms with Crippen LogP contribution in [0.2, 0.25) is 0 Å². The molecule has 0 aliphatic heterocycles. The number of amides is 1. The number of benzene rings is 1. The van der Waals surface area contributed by atoms with Gasteiger partial charge in [-0.05, 0) is 35.7 Å². The number of rotatable bonds is 6. The van der Waals surface area contributed by atoms with E-state index in [1.54, 1.807) is 17.4 Å². The van der Waals surface area contributed by atoms with Crippen molar-refractivity contribution in [2.45, 2.75) is 11.4 Å². The van der Waals surface area contributed by atoms with E-state index in [9.17, 15) is 13.2 Å². The zero-order valence-corrected chi connectivity index (χ0v) is 15.8. The van der Waals surface area contributed by atoms with Gasteiger partial charge in [-0.15, -0.1) is 11.3 Å². The Balaban J connectivity index is 1.64. The maximum Gasteiger partial charge on any atom is 0.251 e. The van der Waals surface area contributed by atoms with Gasteiger partial charge in [-0.25, -0.2) is 12.7 Å². The van der Waals surface area contributed by atoms with Gasteiger partial charge in [0.15, 0.2) is 5.76 Å². The molecule has 1 amide bonds. The summed E-state index contributed by atoms with van der Waals surface area (Å²) >= 11 is 1.54. The number of sulfonamides is 1. The summed E-state index contributed by atoms with van der Waals surface area (Å²) in [5.41, 5.74) is 0.971. The first-order valence-corrected chi connectivity index (χ1v) is 10.00. The fourth-order valence-electron chi connectivity index (χ4n) is 2.19. The van der Waals surface area contributed by atoms with Crippen LogP contribution in [-0.4, -0.2) is 37.9 Å². The van der Waals surface area contributed by atoms with E-state index >= 15 is 0 Å². The Morgan fingerprint density at radius 2 is 1.96 bits per heavy atom. The van der Waals surface area contributed by atoms with E-state index in [0.717, 1.165) is 9.18 Å². The van der Waals surface area contributed by atoms with Crippen molar-refractivity contribution in [1.82, 2.24) is 14.8 Å². The summed E-state index contributed by atoms with van der Waals surface area (Å²) in [6.07, 6.45) is 0. The molecule has 136 valence electrons. The summed E-state index contributed by atoms with van der Waals surface area (Å²) in [6, 6.07) is 11.4. The van der Waals surface area contributed by atoms with Gasteiger partial charge in [0.1, 0.15) is 5.69 Å². The summed E-state index contributed by atoms with van der Waals surface area (Å²) in [5, 5.41) is 8.62. The number of nitrogens with one attached hydrogen (secondary N) is 1. The molecule has 26 heavy (non-hydrogen) atoms. The molecule has 0 aliphatic carbocycles. The fourth-order valence-corrected chi connectivity index (χ4v) is 3.77. The Bertz CT molecular complexity index is 991. The minimum Gasteiger partial charge on any atom is -0.355 e. The molecule has 2 heterocycles. The Hall–Kier alpha value is -2.49. The van der Waals surface area contributed by atoms with Gasteiger partial charge in [-0.3, -0.25) is 4.79 Å². The first-order valence-electron chi connectivity index (χ1n) is 7.68. The molecule has 1 aromatic carbocycles. The van der Waals surface area contributed by atoms with E-state index in [1.807, 2.05) is 17.5 Å². The molecular formula is C17H17N3O4S2. The standard InChI is InChI=1S/C17H17N3O4S2/c1-20(2)26(22,23)14-7-5-12(6-8-14)17(21)18-11-13-10-15(24-19-13)16-4-3-9-25-16/h3-10H,11H2,1-2H3,(H,18,21). The van der Waals surface area contributed by atoms with Gasteiger partial charge in [-0.1, -0.05) is 11.2 Å². The van der Waals surface area contributed by atoms with Crippen LogP contribution >= 0.6 is 11.3 Å². The number of carbonyl (C=O) groups excluding carboxylic acids is 1. The van der Waals surface area contributed by atoms with Gasteiger partial charge < -0.3 is 9.84 Å². The second-order valence-corrected chi connectivity index (χ2v) is 8.75. The van der Waals surface area contributed by atoms with E-state index in [2.05, 4.69) is 10.5 Å². The van der Waals surface area contributed by atoms with Crippen LogP contribution in [0.3, 0.4) is 0 Å². The van der Waals surface area contributed by atoms with Gasteiger partial charge >= 0.3 is 0 Å². The largest absolute Gasteiger partial charge is 0.355 e. The summed E-state index contributed by atoms with van der Waals surface area (Å²) in [4.78, 5) is 13.3. The number of nitrogens with zero attached hydrogens (tertiary/aromatic N) is 2. The minimum absolute atomic E-state index is 0.135. The fraction of sp³-hybridized carbons (Fsp3) is 0.176. The summed E-state index contributed by atoms with van der Waals surface area (Å²) < 4.78 is 30.4. The third-order valence-electron chi connectivity index (χ3n) is 3.65. The first-order chi connectivity index (χ1) is 12.4. The predicted molar refractivity (Wildman–Crippen MR) is 98.3 cm³/mol. The number of hydrogen-bond donors (Lipinski definition) is 1. The lowest BCUT2D eigenvalue weighted by Crippen LogP contribution is -2.24. The minimum atomic E-state index is -3.51.